The maximum Gasteiger partial charge on any atom is 0.315 e. The maximum atomic E-state index is 11.2. The summed E-state index contributed by atoms with van der Waals surface area (Å²) in [5.74, 6) is 0.587. The van der Waals surface area contributed by atoms with Crippen molar-refractivity contribution < 1.29 is 4.79 Å². The van der Waals surface area contributed by atoms with Crippen LogP contribution < -0.4 is 16.0 Å². The molecule has 94 valence electrons. The molecule has 2 amide bonds. The number of aromatic nitrogens is 2. The van der Waals surface area contributed by atoms with Gasteiger partial charge in [0.1, 0.15) is 11.0 Å². The Hall–Kier alpha value is -1.56. The third-order valence-corrected chi connectivity index (χ3v) is 1.92. The number of halogens is 1. The van der Waals surface area contributed by atoms with E-state index in [1.807, 2.05) is 13.8 Å². The molecule has 0 spiro atoms. The molecule has 0 aliphatic heterocycles. The number of carbonyl (C=O) groups excluding carboxylic acids is 1. The second-order valence-electron chi connectivity index (χ2n) is 3.71. The molecule has 0 saturated carbocycles. The van der Waals surface area contributed by atoms with Crippen molar-refractivity contribution in [2.45, 2.75) is 19.9 Å². The lowest BCUT2D eigenvalue weighted by Crippen LogP contribution is -2.41. The van der Waals surface area contributed by atoms with E-state index in [2.05, 4.69) is 25.9 Å². The van der Waals surface area contributed by atoms with Crippen LogP contribution in [0.25, 0.3) is 0 Å². The van der Waals surface area contributed by atoms with Crippen molar-refractivity contribution in [1.29, 1.82) is 0 Å². The molecule has 1 aromatic rings. The van der Waals surface area contributed by atoms with Crippen molar-refractivity contribution >= 4 is 23.4 Å². The number of nitrogens with one attached hydrogen (secondary N) is 3. The molecule has 17 heavy (non-hydrogen) atoms. The Labute approximate surface area is 105 Å². The van der Waals surface area contributed by atoms with E-state index in [0.717, 1.165) is 0 Å². The van der Waals surface area contributed by atoms with Gasteiger partial charge < -0.3 is 16.0 Å². The molecule has 0 aromatic carbocycles. The number of hydrogen-bond donors (Lipinski definition) is 3. The Bertz CT molecular complexity index is 371. The zero-order valence-corrected chi connectivity index (χ0v) is 10.6. The second kappa shape index (κ2) is 6.90. The highest BCUT2D eigenvalue weighted by Crippen LogP contribution is 2.05. The molecule has 1 rings (SSSR count). The van der Waals surface area contributed by atoms with Gasteiger partial charge in [0.05, 0.1) is 12.4 Å². The van der Waals surface area contributed by atoms with Gasteiger partial charge in [0.15, 0.2) is 0 Å². The standard InChI is InChI=1S/C10H16ClN5O/c1-7(2)15-10(17)14-4-3-13-9-6-12-5-8(11)16-9/h5-7H,3-4H2,1-2H3,(H,13,16)(H2,14,15,17). The van der Waals surface area contributed by atoms with Crippen molar-refractivity contribution in [3.05, 3.63) is 17.5 Å². The van der Waals surface area contributed by atoms with Crippen LogP contribution in [-0.2, 0) is 0 Å². The largest absolute Gasteiger partial charge is 0.367 e. The normalized spacial score (nSPS) is 10.1. The van der Waals surface area contributed by atoms with Crippen molar-refractivity contribution in [2.75, 3.05) is 18.4 Å². The van der Waals surface area contributed by atoms with Crippen LogP contribution in [0.4, 0.5) is 10.6 Å². The highest BCUT2D eigenvalue weighted by molar-refractivity contribution is 6.29. The molecule has 1 heterocycles. The lowest BCUT2D eigenvalue weighted by Gasteiger charge is -2.10. The number of anilines is 1. The number of nitrogens with zero attached hydrogens (tertiary/aromatic N) is 2. The number of urea groups is 1. The van der Waals surface area contributed by atoms with E-state index in [9.17, 15) is 4.79 Å². The van der Waals surface area contributed by atoms with E-state index in [0.29, 0.717) is 24.1 Å². The van der Waals surface area contributed by atoms with Crippen LogP contribution in [0.3, 0.4) is 0 Å². The molecule has 0 aliphatic rings. The minimum absolute atomic E-state index is 0.127. The number of carbonyl (C=O) groups is 1. The fourth-order valence-corrected chi connectivity index (χ4v) is 1.25. The first-order valence-corrected chi connectivity index (χ1v) is 5.71. The summed E-state index contributed by atoms with van der Waals surface area (Å²) in [6.07, 6.45) is 3.03. The Morgan fingerprint density at radius 2 is 2.18 bits per heavy atom. The van der Waals surface area contributed by atoms with E-state index in [1.54, 1.807) is 6.20 Å². The van der Waals surface area contributed by atoms with Crippen LogP contribution in [0.2, 0.25) is 5.15 Å². The molecule has 1 aromatic heterocycles. The van der Waals surface area contributed by atoms with Crippen molar-refractivity contribution in [3.63, 3.8) is 0 Å². The first kappa shape index (κ1) is 13.5. The summed E-state index contributed by atoms with van der Waals surface area (Å²) in [5.41, 5.74) is 0. The van der Waals surface area contributed by atoms with Gasteiger partial charge in [0.2, 0.25) is 0 Å². The van der Waals surface area contributed by atoms with E-state index < -0.39 is 0 Å². The van der Waals surface area contributed by atoms with Gasteiger partial charge in [-0.25, -0.2) is 9.78 Å². The summed E-state index contributed by atoms with van der Waals surface area (Å²) in [7, 11) is 0. The van der Waals surface area contributed by atoms with Gasteiger partial charge in [-0.3, -0.25) is 4.98 Å². The average molecular weight is 258 g/mol. The number of hydrogen-bond acceptors (Lipinski definition) is 4. The molecular weight excluding hydrogens is 242 g/mol. The topological polar surface area (TPSA) is 78.9 Å². The van der Waals surface area contributed by atoms with E-state index >= 15 is 0 Å². The quantitative estimate of drug-likeness (QED) is 0.694. The number of amides is 2. The molecule has 0 saturated heterocycles. The van der Waals surface area contributed by atoms with Crippen LogP contribution in [0.15, 0.2) is 12.4 Å². The molecule has 3 N–H and O–H groups in total. The van der Waals surface area contributed by atoms with Gasteiger partial charge in [-0.2, -0.15) is 0 Å². The molecular formula is C10H16ClN5O. The van der Waals surface area contributed by atoms with Crippen LogP contribution in [0.1, 0.15) is 13.8 Å². The van der Waals surface area contributed by atoms with Crippen LogP contribution in [0, 0.1) is 0 Å². The first-order valence-electron chi connectivity index (χ1n) is 5.33. The molecule has 0 radical (unpaired) electrons. The van der Waals surface area contributed by atoms with Gasteiger partial charge in [0, 0.05) is 19.1 Å². The molecule has 7 heteroatoms. The second-order valence-corrected chi connectivity index (χ2v) is 4.10. The summed E-state index contributed by atoms with van der Waals surface area (Å²) in [4.78, 5) is 19.1. The Balaban J connectivity index is 2.18. The lowest BCUT2D eigenvalue weighted by atomic mass is 10.4. The first-order chi connectivity index (χ1) is 8.08. The summed E-state index contributed by atoms with van der Waals surface area (Å²) < 4.78 is 0. The summed E-state index contributed by atoms with van der Waals surface area (Å²) >= 11 is 5.67. The van der Waals surface area contributed by atoms with Crippen molar-refractivity contribution in [2.24, 2.45) is 0 Å². The van der Waals surface area contributed by atoms with Crippen molar-refractivity contribution in [3.8, 4) is 0 Å². The highest BCUT2D eigenvalue weighted by atomic mass is 35.5. The van der Waals surface area contributed by atoms with E-state index in [4.69, 9.17) is 11.6 Å². The SMILES string of the molecule is CC(C)NC(=O)NCCNc1cncc(Cl)n1. The van der Waals surface area contributed by atoms with Gasteiger partial charge in [0.25, 0.3) is 0 Å². The third-order valence-electron chi connectivity index (χ3n) is 1.74. The summed E-state index contributed by atoms with van der Waals surface area (Å²) in [5, 5.41) is 8.76. The minimum Gasteiger partial charge on any atom is -0.367 e. The van der Waals surface area contributed by atoms with Gasteiger partial charge in [-0.05, 0) is 13.8 Å². The van der Waals surface area contributed by atoms with Crippen LogP contribution >= 0.6 is 11.6 Å². The minimum atomic E-state index is -0.182. The highest BCUT2D eigenvalue weighted by Gasteiger charge is 2.01. The van der Waals surface area contributed by atoms with Gasteiger partial charge in [-0.15, -0.1) is 0 Å². The fourth-order valence-electron chi connectivity index (χ4n) is 1.11. The zero-order valence-electron chi connectivity index (χ0n) is 9.83. The molecule has 0 fully saturated rings. The molecule has 0 aliphatic carbocycles. The molecule has 6 nitrogen and oxygen atoms in total. The molecule has 0 bridgehead atoms. The Morgan fingerprint density at radius 1 is 1.41 bits per heavy atom. The predicted molar refractivity (Wildman–Crippen MR) is 67.2 cm³/mol. The smallest absolute Gasteiger partial charge is 0.315 e. The summed E-state index contributed by atoms with van der Waals surface area (Å²) in [6.45, 7) is 4.85. The zero-order chi connectivity index (χ0) is 12.7. The Morgan fingerprint density at radius 3 is 2.82 bits per heavy atom. The van der Waals surface area contributed by atoms with Gasteiger partial charge >= 0.3 is 6.03 Å². The Kier molecular flexibility index (Phi) is 5.48. The average Bonchev–Trinajstić information content (AvgIpc) is 2.23. The third kappa shape index (κ3) is 5.91. The van der Waals surface area contributed by atoms with Crippen molar-refractivity contribution in [1.82, 2.24) is 20.6 Å². The lowest BCUT2D eigenvalue weighted by molar-refractivity contribution is 0.239. The number of rotatable bonds is 5. The maximum absolute atomic E-state index is 11.2. The fraction of sp³-hybridized carbons (Fsp3) is 0.500. The summed E-state index contributed by atoms with van der Waals surface area (Å²) in [6, 6.07) is -0.0549. The van der Waals surface area contributed by atoms with Crippen LogP contribution in [0.5, 0.6) is 0 Å². The van der Waals surface area contributed by atoms with Crippen LogP contribution in [-0.4, -0.2) is 35.1 Å². The van der Waals surface area contributed by atoms with Gasteiger partial charge in [-0.1, -0.05) is 11.6 Å². The monoisotopic (exact) mass is 257 g/mol. The predicted octanol–water partition coefficient (Wildman–Crippen LogP) is 1.25. The molecule has 0 atom stereocenters. The molecule has 0 unspecified atom stereocenters. The van der Waals surface area contributed by atoms with E-state index in [1.165, 1.54) is 6.20 Å². The van der Waals surface area contributed by atoms with E-state index in [-0.39, 0.29) is 12.1 Å².